The predicted octanol–water partition coefficient (Wildman–Crippen LogP) is 6.10. The molecule has 5 aromatic rings. The van der Waals surface area contributed by atoms with Gasteiger partial charge in [-0.25, -0.2) is 18.7 Å². The summed E-state index contributed by atoms with van der Waals surface area (Å²) < 4.78 is 26.5. The fourth-order valence-electron chi connectivity index (χ4n) is 6.24. The number of hydrogen-bond acceptors (Lipinski definition) is 10. The number of halogens is 2. The van der Waals surface area contributed by atoms with Crippen molar-refractivity contribution >= 4 is 45.9 Å². The van der Waals surface area contributed by atoms with Gasteiger partial charge in [0.2, 0.25) is 11.6 Å². The lowest BCUT2D eigenvalue weighted by atomic mass is 9.95. The maximum absolute atomic E-state index is 13.2. The van der Waals surface area contributed by atoms with Crippen molar-refractivity contribution in [2.45, 2.75) is 37.4 Å². The van der Waals surface area contributed by atoms with Crippen molar-refractivity contribution in [3.63, 3.8) is 0 Å². The molecule has 254 valence electrons. The molecular formula is C37H31F2N5O4S2. The monoisotopic (exact) mass is 711 g/mol. The molecule has 3 aromatic carbocycles. The zero-order chi connectivity index (χ0) is 34.8. The number of aromatic nitrogens is 2. The lowest BCUT2D eigenvalue weighted by Gasteiger charge is -2.12. The molecule has 2 fully saturated rings. The molecule has 9 nitrogen and oxygen atoms in total. The van der Waals surface area contributed by atoms with E-state index >= 15 is 0 Å². The summed E-state index contributed by atoms with van der Waals surface area (Å²) in [6.07, 6.45) is 1.64. The Balaban J connectivity index is 0.879. The number of nitrogens with one attached hydrogen (secondary N) is 3. The van der Waals surface area contributed by atoms with Crippen molar-refractivity contribution in [2.24, 2.45) is 5.92 Å². The minimum Gasteiger partial charge on any atom is -0.348 e. The fraction of sp³-hybridized carbons (Fsp3) is 0.243. The average Bonchev–Trinajstić information content (AvgIpc) is 3.96. The average molecular weight is 712 g/mol. The number of nitrogens with zero attached hydrogens (tertiary/aromatic N) is 2. The SMILES string of the molecule is O=C(C[C@@H]1CN[C@H](c2nc(C(=O)c3ccc(F)cc3)cs2)C1)c1ccc(C(=O)N[C@@H]2CN[C@H](c3nc(C(=O)c4ccc(F)cc4)cs3)C2)cc1. The van der Waals surface area contributed by atoms with Crippen LogP contribution in [0.3, 0.4) is 0 Å². The van der Waals surface area contributed by atoms with Gasteiger partial charge in [-0.05, 0) is 86.0 Å². The Kier molecular flexibility index (Phi) is 9.81. The van der Waals surface area contributed by atoms with E-state index in [1.807, 2.05) is 0 Å². The van der Waals surface area contributed by atoms with Gasteiger partial charge in [-0.2, -0.15) is 0 Å². The summed E-state index contributed by atoms with van der Waals surface area (Å²) in [5, 5.41) is 14.7. The van der Waals surface area contributed by atoms with E-state index in [9.17, 15) is 28.0 Å². The van der Waals surface area contributed by atoms with Crippen molar-refractivity contribution < 1.29 is 28.0 Å². The predicted molar refractivity (Wildman–Crippen MR) is 185 cm³/mol. The van der Waals surface area contributed by atoms with Crippen molar-refractivity contribution in [2.75, 3.05) is 13.1 Å². The van der Waals surface area contributed by atoms with Crippen LogP contribution < -0.4 is 16.0 Å². The Morgan fingerprint density at radius 2 is 1.14 bits per heavy atom. The second-order valence-electron chi connectivity index (χ2n) is 12.4. The number of Topliss-reactive ketones (excluding diaryl/α,β-unsaturated/α-hetero) is 1. The number of amides is 1. The molecule has 1 amide bonds. The molecule has 7 rings (SSSR count). The number of benzene rings is 3. The Morgan fingerprint density at radius 1 is 0.660 bits per heavy atom. The highest BCUT2D eigenvalue weighted by molar-refractivity contribution is 7.10. The van der Waals surface area contributed by atoms with Crippen molar-refractivity contribution in [1.82, 2.24) is 25.9 Å². The van der Waals surface area contributed by atoms with E-state index < -0.39 is 11.6 Å². The van der Waals surface area contributed by atoms with Gasteiger partial charge in [0.25, 0.3) is 5.91 Å². The molecule has 4 heterocycles. The third-order valence-corrected chi connectivity index (χ3v) is 10.9. The van der Waals surface area contributed by atoms with Gasteiger partial charge in [0, 0.05) is 52.0 Å². The van der Waals surface area contributed by atoms with Crippen LogP contribution in [0, 0.1) is 17.6 Å². The molecule has 13 heteroatoms. The van der Waals surface area contributed by atoms with Crippen LogP contribution in [0.15, 0.2) is 83.6 Å². The highest BCUT2D eigenvalue weighted by Gasteiger charge is 2.31. The first-order valence-electron chi connectivity index (χ1n) is 16.1. The largest absolute Gasteiger partial charge is 0.348 e. The molecule has 2 aliphatic rings. The van der Waals surface area contributed by atoms with Crippen LogP contribution in [0.5, 0.6) is 0 Å². The quantitative estimate of drug-likeness (QED) is 0.140. The first-order chi connectivity index (χ1) is 24.2. The molecule has 0 spiro atoms. The van der Waals surface area contributed by atoms with Gasteiger partial charge in [0.15, 0.2) is 5.78 Å². The summed E-state index contributed by atoms with van der Waals surface area (Å²) in [7, 11) is 0. The summed E-state index contributed by atoms with van der Waals surface area (Å²) in [5.74, 6) is -1.52. The second kappa shape index (κ2) is 14.6. The maximum Gasteiger partial charge on any atom is 0.251 e. The van der Waals surface area contributed by atoms with E-state index in [0.717, 1.165) is 10.0 Å². The first kappa shape index (κ1) is 33.7. The summed E-state index contributed by atoms with van der Waals surface area (Å²) in [4.78, 5) is 60.7. The topological polar surface area (TPSA) is 130 Å². The molecule has 3 N–H and O–H groups in total. The van der Waals surface area contributed by atoms with Crippen molar-refractivity contribution in [3.05, 3.63) is 139 Å². The fourth-order valence-corrected chi connectivity index (χ4v) is 8.02. The molecule has 4 atom stereocenters. The van der Waals surface area contributed by atoms with Gasteiger partial charge in [-0.1, -0.05) is 12.1 Å². The molecule has 0 radical (unpaired) electrons. The van der Waals surface area contributed by atoms with Crippen LogP contribution in [0.1, 0.15) is 94.2 Å². The lowest BCUT2D eigenvalue weighted by molar-refractivity contribution is 0.0934. The van der Waals surface area contributed by atoms with Gasteiger partial charge in [0.1, 0.15) is 33.0 Å². The van der Waals surface area contributed by atoms with Crippen LogP contribution in [0.25, 0.3) is 0 Å². The van der Waals surface area contributed by atoms with E-state index in [0.29, 0.717) is 66.0 Å². The van der Waals surface area contributed by atoms with Crippen LogP contribution in [0.4, 0.5) is 8.78 Å². The molecule has 2 aliphatic heterocycles. The highest BCUT2D eigenvalue weighted by Crippen LogP contribution is 2.32. The van der Waals surface area contributed by atoms with Crippen LogP contribution in [-0.2, 0) is 0 Å². The second-order valence-corrected chi connectivity index (χ2v) is 14.2. The molecule has 0 bridgehead atoms. The summed E-state index contributed by atoms with van der Waals surface area (Å²) in [5.41, 5.74) is 2.34. The molecule has 0 unspecified atom stereocenters. The van der Waals surface area contributed by atoms with Crippen LogP contribution in [0.2, 0.25) is 0 Å². The minimum absolute atomic E-state index is 0.0146. The standard InChI is InChI=1S/C37H31F2N5O4S2/c38-25-9-5-22(6-10-25)33(46)30-18-49-36(43-30)28-13-20(16-40-28)14-32(45)21-1-3-24(4-2-21)35(48)42-27-15-29(41-17-27)37-44-31(19-50-37)34(47)23-7-11-26(39)12-8-23/h1-12,18-20,27-29,40-41H,13-17H2,(H,42,48)/t20-,27+,28+,29+/m1/s1. The van der Waals surface area contributed by atoms with Gasteiger partial charge >= 0.3 is 0 Å². The van der Waals surface area contributed by atoms with E-state index in [2.05, 4.69) is 25.9 Å². The number of thiazole rings is 2. The first-order valence-corrected chi connectivity index (χ1v) is 17.9. The summed E-state index contributed by atoms with van der Waals surface area (Å²) >= 11 is 2.75. The Morgan fingerprint density at radius 3 is 1.70 bits per heavy atom. The van der Waals surface area contributed by atoms with Crippen LogP contribution >= 0.6 is 22.7 Å². The molecule has 2 saturated heterocycles. The maximum atomic E-state index is 13.2. The third-order valence-electron chi connectivity index (χ3n) is 8.95. The number of rotatable bonds is 11. The Bertz CT molecular complexity index is 1900. The molecule has 2 aromatic heterocycles. The van der Waals surface area contributed by atoms with E-state index in [4.69, 9.17) is 0 Å². The highest BCUT2D eigenvalue weighted by atomic mass is 32.1. The van der Waals surface area contributed by atoms with Gasteiger partial charge < -0.3 is 16.0 Å². The number of ketones is 3. The Labute approximate surface area is 294 Å². The van der Waals surface area contributed by atoms with Crippen molar-refractivity contribution in [3.8, 4) is 0 Å². The van der Waals surface area contributed by atoms with E-state index in [1.165, 1.54) is 71.2 Å². The lowest BCUT2D eigenvalue weighted by Crippen LogP contribution is -2.36. The normalized spacial score (nSPS) is 20.1. The zero-order valence-electron chi connectivity index (χ0n) is 26.5. The number of carbonyl (C=O) groups is 4. The van der Waals surface area contributed by atoms with Gasteiger partial charge in [0.05, 0.1) is 12.1 Å². The van der Waals surface area contributed by atoms with Crippen LogP contribution in [-0.4, -0.2) is 52.4 Å². The zero-order valence-corrected chi connectivity index (χ0v) is 28.2. The summed E-state index contributed by atoms with van der Waals surface area (Å²) in [6, 6.07) is 17.1. The molecule has 50 heavy (non-hydrogen) atoms. The number of hydrogen-bond donors (Lipinski definition) is 3. The van der Waals surface area contributed by atoms with Crippen molar-refractivity contribution in [1.29, 1.82) is 0 Å². The van der Waals surface area contributed by atoms with E-state index in [-0.39, 0.29) is 47.3 Å². The Hall–Kier alpha value is -4.82. The minimum atomic E-state index is -0.412. The molecular weight excluding hydrogens is 681 g/mol. The van der Waals surface area contributed by atoms with Gasteiger partial charge in [-0.15, -0.1) is 22.7 Å². The molecule has 0 aliphatic carbocycles. The van der Waals surface area contributed by atoms with E-state index in [1.54, 1.807) is 35.0 Å². The third kappa shape index (κ3) is 7.50. The van der Waals surface area contributed by atoms with Gasteiger partial charge in [-0.3, -0.25) is 19.2 Å². The number of carbonyl (C=O) groups excluding carboxylic acids is 4. The summed E-state index contributed by atoms with van der Waals surface area (Å²) in [6.45, 7) is 1.18. The smallest absolute Gasteiger partial charge is 0.251 e. The molecule has 0 saturated carbocycles.